The van der Waals surface area contributed by atoms with Crippen LogP contribution in [0.1, 0.15) is 6.42 Å². The van der Waals surface area contributed by atoms with Gasteiger partial charge < -0.3 is 15.7 Å². The van der Waals surface area contributed by atoms with Crippen molar-refractivity contribution < 1.29 is 13.5 Å². The van der Waals surface area contributed by atoms with Crippen molar-refractivity contribution in [1.82, 2.24) is 14.2 Å². The zero-order chi connectivity index (χ0) is 14.9. The number of sulfonamides is 1. The number of hydrogen-bond donors (Lipinski definition) is 2. The van der Waals surface area contributed by atoms with Gasteiger partial charge in [-0.3, -0.25) is 0 Å². The van der Waals surface area contributed by atoms with Gasteiger partial charge in [0.05, 0.1) is 6.10 Å². The smallest absolute Gasteiger partial charge is 0.247 e. The summed E-state index contributed by atoms with van der Waals surface area (Å²) in [6.45, 7) is 0.644. The molecule has 2 atom stereocenters. The number of rotatable bonds is 4. The lowest BCUT2D eigenvalue weighted by Crippen LogP contribution is -2.41. The molecule has 0 amide bonds. The van der Waals surface area contributed by atoms with E-state index in [9.17, 15) is 13.5 Å². The van der Waals surface area contributed by atoms with Crippen molar-refractivity contribution in [2.24, 2.45) is 0 Å². The Morgan fingerprint density at radius 2 is 2.25 bits per heavy atom. The Bertz CT molecular complexity index is 576. The molecular weight excluding hydrogens is 280 g/mol. The molecule has 8 heteroatoms. The van der Waals surface area contributed by atoms with Gasteiger partial charge in [-0.05, 0) is 32.6 Å². The summed E-state index contributed by atoms with van der Waals surface area (Å²) in [7, 11) is 0.0000472. The van der Waals surface area contributed by atoms with Gasteiger partial charge in [-0.25, -0.2) is 13.4 Å². The van der Waals surface area contributed by atoms with E-state index in [1.54, 1.807) is 0 Å². The van der Waals surface area contributed by atoms with E-state index in [4.69, 9.17) is 5.73 Å². The predicted molar refractivity (Wildman–Crippen MR) is 75.5 cm³/mol. The molecule has 7 nitrogen and oxygen atoms in total. The lowest BCUT2D eigenvalue weighted by Gasteiger charge is -2.26. The molecule has 2 unspecified atom stereocenters. The fraction of sp³-hybridized carbons (Fsp3) is 0.583. The largest absolute Gasteiger partial charge is 0.392 e. The molecule has 1 fully saturated rings. The molecule has 1 aromatic rings. The molecule has 0 spiro atoms. The number of aliphatic hydroxyl groups excluding tert-OH is 1. The summed E-state index contributed by atoms with van der Waals surface area (Å²) in [5, 5.41) is 9.79. The molecule has 20 heavy (non-hydrogen) atoms. The third-order valence-electron chi connectivity index (χ3n) is 3.30. The Morgan fingerprint density at radius 3 is 2.85 bits per heavy atom. The third kappa shape index (κ3) is 2.93. The summed E-state index contributed by atoms with van der Waals surface area (Å²) in [6.07, 6.45) is 1.23. The van der Waals surface area contributed by atoms with Crippen LogP contribution in [-0.2, 0) is 10.0 Å². The van der Waals surface area contributed by atoms with Crippen LogP contribution in [0.5, 0.6) is 0 Å². The summed E-state index contributed by atoms with van der Waals surface area (Å²) in [5.74, 6) is -0.0162. The van der Waals surface area contributed by atoms with E-state index >= 15 is 0 Å². The van der Waals surface area contributed by atoms with E-state index < -0.39 is 16.1 Å². The molecule has 1 aliphatic heterocycles. The van der Waals surface area contributed by atoms with Crippen molar-refractivity contribution in [3.8, 4) is 0 Å². The van der Waals surface area contributed by atoms with Gasteiger partial charge in [0.25, 0.3) is 0 Å². The molecule has 2 heterocycles. The highest BCUT2D eigenvalue weighted by Crippen LogP contribution is 2.28. The van der Waals surface area contributed by atoms with Crippen LogP contribution in [0.3, 0.4) is 0 Å². The first-order valence-electron chi connectivity index (χ1n) is 6.37. The van der Waals surface area contributed by atoms with Gasteiger partial charge in [-0.15, -0.1) is 0 Å². The number of likely N-dealkylation sites (N-methyl/N-ethyl adjacent to an activating group) is 1. The number of nitrogen functional groups attached to an aromatic ring is 1. The lowest BCUT2D eigenvalue weighted by molar-refractivity contribution is 0.188. The van der Waals surface area contributed by atoms with Gasteiger partial charge in [-0.2, -0.15) is 4.31 Å². The molecule has 3 N–H and O–H groups in total. The Hall–Kier alpha value is -1.22. The van der Waals surface area contributed by atoms with Crippen molar-refractivity contribution in [1.29, 1.82) is 0 Å². The Labute approximate surface area is 119 Å². The summed E-state index contributed by atoms with van der Waals surface area (Å²) in [5.41, 5.74) is 5.67. The van der Waals surface area contributed by atoms with E-state index in [1.807, 2.05) is 19.0 Å². The summed E-state index contributed by atoms with van der Waals surface area (Å²) >= 11 is 0. The fourth-order valence-electron chi connectivity index (χ4n) is 2.49. The molecule has 0 radical (unpaired) electrons. The first-order valence-corrected chi connectivity index (χ1v) is 7.81. The van der Waals surface area contributed by atoms with Gasteiger partial charge in [-0.1, -0.05) is 0 Å². The molecule has 2 rings (SSSR count). The van der Waals surface area contributed by atoms with Crippen LogP contribution in [0.15, 0.2) is 23.2 Å². The zero-order valence-corrected chi connectivity index (χ0v) is 12.4. The van der Waals surface area contributed by atoms with Crippen LogP contribution >= 0.6 is 0 Å². The van der Waals surface area contributed by atoms with E-state index in [0.29, 0.717) is 13.0 Å². The molecule has 0 aliphatic carbocycles. The van der Waals surface area contributed by atoms with Gasteiger partial charge in [0.2, 0.25) is 10.0 Å². The topological polar surface area (TPSA) is 99.8 Å². The standard InChI is InChI=1S/C12H20N4O3S/c1-15(2)7-9-6-10(17)8-16(9)20(18,19)11-4-3-5-14-12(11)13/h3-5,9-10,17H,6-8H2,1-2H3,(H2,13,14). The number of anilines is 1. The monoisotopic (exact) mass is 300 g/mol. The molecule has 1 saturated heterocycles. The van der Waals surface area contributed by atoms with Gasteiger partial charge in [0.1, 0.15) is 10.7 Å². The maximum absolute atomic E-state index is 12.7. The van der Waals surface area contributed by atoms with Crippen LogP contribution in [0.2, 0.25) is 0 Å². The normalized spacial score (nSPS) is 24.4. The number of pyridine rings is 1. The zero-order valence-electron chi connectivity index (χ0n) is 11.6. The number of nitrogens with two attached hydrogens (primary N) is 1. The van der Waals surface area contributed by atoms with Crippen molar-refractivity contribution in [3.05, 3.63) is 18.3 Å². The second-order valence-corrected chi connectivity index (χ2v) is 7.13. The van der Waals surface area contributed by atoms with Crippen LogP contribution < -0.4 is 5.73 Å². The lowest BCUT2D eigenvalue weighted by atomic mass is 10.2. The summed E-state index contributed by atoms with van der Waals surface area (Å²) in [4.78, 5) is 5.72. The Morgan fingerprint density at radius 1 is 1.55 bits per heavy atom. The minimum atomic E-state index is -3.74. The molecule has 1 aromatic heterocycles. The number of aliphatic hydroxyl groups is 1. The SMILES string of the molecule is CN(C)CC1CC(O)CN1S(=O)(=O)c1cccnc1N. The molecule has 0 aromatic carbocycles. The second kappa shape index (κ2) is 5.65. The molecule has 0 saturated carbocycles. The highest BCUT2D eigenvalue weighted by atomic mass is 32.2. The predicted octanol–water partition coefficient (Wildman–Crippen LogP) is -0.651. The van der Waals surface area contributed by atoms with Crippen molar-refractivity contribution in [3.63, 3.8) is 0 Å². The quantitative estimate of drug-likeness (QED) is 0.766. The summed E-state index contributed by atoms with van der Waals surface area (Å²) in [6, 6.07) is 2.72. The average molecular weight is 300 g/mol. The molecule has 112 valence electrons. The van der Waals surface area contributed by atoms with Gasteiger partial charge in [0.15, 0.2) is 0 Å². The average Bonchev–Trinajstić information content (AvgIpc) is 2.70. The van der Waals surface area contributed by atoms with E-state index in [0.717, 1.165) is 0 Å². The highest BCUT2D eigenvalue weighted by molar-refractivity contribution is 7.89. The Kier molecular flexibility index (Phi) is 4.28. The fourth-order valence-corrected chi connectivity index (χ4v) is 4.23. The second-order valence-electron chi connectivity index (χ2n) is 5.27. The van der Waals surface area contributed by atoms with Crippen molar-refractivity contribution in [2.75, 3.05) is 32.9 Å². The van der Waals surface area contributed by atoms with Crippen LogP contribution in [0.4, 0.5) is 5.82 Å². The number of β-amino-alcohol motifs (C(OH)–C–C–N with tert-alkyl or cyclic N) is 1. The Balaban J connectivity index is 2.35. The maximum atomic E-state index is 12.7. The van der Waals surface area contributed by atoms with E-state index in [2.05, 4.69) is 4.98 Å². The molecule has 1 aliphatic rings. The highest BCUT2D eigenvalue weighted by Gasteiger charge is 2.40. The van der Waals surface area contributed by atoms with Gasteiger partial charge >= 0.3 is 0 Å². The minimum absolute atomic E-state index is 0.00199. The van der Waals surface area contributed by atoms with E-state index in [1.165, 1.54) is 22.6 Å². The van der Waals surface area contributed by atoms with Crippen LogP contribution in [-0.4, -0.2) is 67.0 Å². The van der Waals surface area contributed by atoms with Crippen molar-refractivity contribution >= 4 is 15.8 Å². The summed E-state index contributed by atoms with van der Waals surface area (Å²) < 4.78 is 26.7. The first-order chi connectivity index (χ1) is 9.32. The third-order valence-corrected chi connectivity index (χ3v) is 5.27. The number of aromatic nitrogens is 1. The number of nitrogens with zero attached hydrogens (tertiary/aromatic N) is 3. The molecule has 0 bridgehead atoms. The van der Waals surface area contributed by atoms with Crippen molar-refractivity contribution in [2.45, 2.75) is 23.5 Å². The van der Waals surface area contributed by atoms with E-state index in [-0.39, 0.29) is 23.3 Å². The van der Waals surface area contributed by atoms with Crippen LogP contribution in [0, 0.1) is 0 Å². The number of hydrogen-bond acceptors (Lipinski definition) is 6. The first kappa shape index (κ1) is 15.2. The molecular formula is C12H20N4O3S. The van der Waals surface area contributed by atoms with Crippen LogP contribution in [0.25, 0.3) is 0 Å². The maximum Gasteiger partial charge on any atom is 0.247 e. The van der Waals surface area contributed by atoms with Gasteiger partial charge in [0, 0.05) is 25.3 Å². The minimum Gasteiger partial charge on any atom is -0.392 e.